The standard InChI is InChI=1S/C30H30FN5O3/c1-5-24(37)36-17-30(2,3)15-19(36)10-9-18-16-32-13-11-20(18)26-27(25-22(34-26)12-14-33-29(25)38)35-23-8-6-7-21(31)28(23)39-4/h5-8,11,13,16,19,34-35H,1,12,14-15,17H2,2-4H3,(H,33,38)/t19-/m0/s1. The van der Waals surface area contributed by atoms with Gasteiger partial charge < -0.3 is 25.3 Å². The van der Waals surface area contributed by atoms with Gasteiger partial charge in [-0.25, -0.2) is 4.39 Å². The number of anilines is 2. The zero-order chi connectivity index (χ0) is 27.7. The highest BCUT2D eigenvalue weighted by Gasteiger charge is 2.38. The van der Waals surface area contributed by atoms with Gasteiger partial charge in [-0.3, -0.25) is 14.6 Å². The number of aromatic nitrogens is 2. The molecule has 9 heteroatoms. The summed E-state index contributed by atoms with van der Waals surface area (Å²) >= 11 is 0. The fourth-order valence-electron chi connectivity index (χ4n) is 5.28. The van der Waals surface area contributed by atoms with Crippen LogP contribution in [0, 0.1) is 23.1 Å². The normalized spacial score (nSPS) is 17.5. The van der Waals surface area contributed by atoms with Gasteiger partial charge in [0.1, 0.15) is 0 Å². The Morgan fingerprint density at radius 1 is 1.36 bits per heavy atom. The molecule has 1 saturated heterocycles. The molecule has 0 bridgehead atoms. The molecular weight excluding hydrogens is 497 g/mol. The first kappa shape index (κ1) is 26.0. The second-order valence-corrected chi connectivity index (χ2v) is 10.4. The lowest BCUT2D eigenvalue weighted by atomic mass is 9.91. The monoisotopic (exact) mass is 527 g/mol. The number of halogens is 1. The molecule has 0 unspecified atom stereocenters. The van der Waals surface area contributed by atoms with Gasteiger partial charge in [0.05, 0.1) is 41.3 Å². The van der Waals surface area contributed by atoms with Gasteiger partial charge in [0.15, 0.2) is 11.6 Å². The molecule has 0 spiro atoms. The molecule has 1 atom stereocenters. The first-order chi connectivity index (χ1) is 18.7. The summed E-state index contributed by atoms with van der Waals surface area (Å²) in [7, 11) is 1.39. The number of carbonyl (C=O) groups is 2. The lowest BCUT2D eigenvalue weighted by Crippen LogP contribution is -2.34. The van der Waals surface area contributed by atoms with E-state index >= 15 is 0 Å². The van der Waals surface area contributed by atoms with Gasteiger partial charge in [-0.2, -0.15) is 0 Å². The van der Waals surface area contributed by atoms with Crippen molar-refractivity contribution in [2.45, 2.75) is 32.7 Å². The van der Waals surface area contributed by atoms with Gasteiger partial charge in [-0.15, -0.1) is 0 Å². The van der Waals surface area contributed by atoms with Crippen molar-refractivity contribution >= 4 is 23.2 Å². The molecular formula is C30H30FN5O3. The summed E-state index contributed by atoms with van der Waals surface area (Å²) in [5.41, 5.74) is 4.00. The van der Waals surface area contributed by atoms with E-state index in [2.05, 4.69) is 52.9 Å². The first-order valence-corrected chi connectivity index (χ1v) is 12.7. The molecule has 5 rings (SSSR count). The quantitative estimate of drug-likeness (QED) is 0.337. The van der Waals surface area contributed by atoms with Crippen LogP contribution in [0.1, 0.15) is 41.9 Å². The summed E-state index contributed by atoms with van der Waals surface area (Å²) in [6.45, 7) is 8.96. The van der Waals surface area contributed by atoms with Crippen LogP contribution in [0.2, 0.25) is 0 Å². The summed E-state index contributed by atoms with van der Waals surface area (Å²) in [5, 5.41) is 6.13. The average Bonchev–Trinajstić information content (AvgIpc) is 3.44. The second-order valence-electron chi connectivity index (χ2n) is 10.4. The van der Waals surface area contributed by atoms with Crippen LogP contribution in [0.4, 0.5) is 15.8 Å². The van der Waals surface area contributed by atoms with Crippen LogP contribution < -0.4 is 15.4 Å². The predicted octanol–water partition coefficient (Wildman–Crippen LogP) is 4.42. The summed E-state index contributed by atoms with van der Waals surface area (Å²) in [4.78, 5) is 34.9. The van der Waals surface area contributed by atoms with E-state index in [1.54, 1.807) is 29.4 Å². The van der Waals surface area contributed by atoms with Crippen LogP contribution in [0.15, 0.2) is 49.3 Å². The molecule has 0 aliphatic carbocycles. The van der Waals surface area contributed by atoms with Gasteiger partial charge in [0, 0.05) is 43.2 Å². The third-order valence-corrected chi connectivity index (χ3v) is 7.04. The lowest BCUT2D eigenvalue weighted by Gasteiger charge is -2.20. The molecule has 39 heavy (non-hydrogen) atoms. The molecule has 8 nitrogen and oxygen atoms in total. The number of hydrogen-bond donors (Lipinski definition) is 3. The van der Waals surface area contributed by atoms with Crippen LogP contribution in [0.25, 0.3) is 11.3 Å². The topological polar surface area (TPSA) is 99.3 Å². The number of pyridine rings is 1. The molecule has 3 aromatic rings. The van der Waals surface area contributed by atoms with Crippen molar-refractivity contribution in [1.29, 1.82) is 0 Å². The Morgan fingerprint density at radius 2 is 2.18 bits per heavy atom. The summed E-state index contributed by atoms with van der Waals surface area (Å²) < 4.78 is 19.8. The number of benzene rings is 1. The molecule has 200 valence electrons. The third kappa shape index (κ3) is 4.98. The Morgan fingerprint density at radius 3 is 2.95 bits per heavy atom. The number of aromatic amines is 1. The number of nitrogens with one attached hydrogen (secondary N) is 3. The number of hydrogen-bond acceptors (Lipinski definition) is 5. The van der Waals surface area contributed by atoms with E-state index < -0.39 is 5.82 Å². The molecule has 0 saturated carbocycles. The van der Waals surface area contributed by atoms with Crippen LogP contribution in [0.3, 0.4) is 0 Å². The summed E-state index contributed by atoms with van der Waals surface area (Å²) in [6.07, 6.45) is 5.97. The number of rotatable bonds is 5. The van der Waals surface area contributed by atoms with Gasteiger partial charge in [0.2, 0.25) is 5.91 Å². The minimum atomic E-state index is -0.522. The minimum Gasteiger partial charge on any atom is -0.492 e. The van der Waals surface area contributed by atoms with Crippen molar-refractivity contribution < 1.29 is 18.7 Å². The number of H-pyrrole nitrogens is 1. The SMILES string of the molecule is C=CC(=O)N1CC(C)(C)C[C@@H]1C#Cc1cnccc1-c1[nH]c2c(c1Nc1cccc(F)c1OC)C(=O)NCC2. The Balaban J connectivity index is 1.61. The Bertz CT molecular complexity index is 1530. The number of amides is 2. The van der Waals surface area contributed by atoms with Gasteiger partial charge in [0.25, 0.3) is 5.91 Å². The maximum Gasteiger partial charge on any atom is 0.255 e. The van der Waals surface area contributed by atoms with E-state index in [4.69, 9.17) is 4.74 Å². The molecule has 2 aliphatic heterocycles. The highest BCUT2D eigenvalue weighted by molar-refractivity contribution is 6.06. The van der Waals surface area contributed by atoms with E-state index in [0.29, 0.717) is 47.7 Å². The Hall–Kier alpha value is -4.58. The van der Waals surface area contributed by atoms with Crippen LogP contribution in [-0.4, -0.2) is 52.9 Å². The van der Waals surface area contributed by atoms with Crippen molar-refractivity contribution in [1.82, 2.24) is 20.2 Å². The lowest BCUT2D eigenvalue weighted by molar-refractivity contribution is -0.126. The number of likely N-dealkylation sites (tertiary alicyclic amines) is 1. The highest BCUT2D eigenvalue weighted by atomic mass is 19.1. The average molecular weight is 528 g/mol. The number of fused-ring (bicyclic) bond motifs is 1. The third-order valence-electron chi connectivity index (χ3n) is 7.04. The van der Waals surface area contributed by atoms with Crippen molar-refractivity contribution in [2.75, 3.05) is 25.5 Å². The zero-order valence-corrected chi connectivity index (χ0v) is 22.2. The van der Waals surface area contributed by atoms with E-state index in [1.807, 2.05) is 6.07 Å². The molecule has 2 amide bonds. The molecule has 2 aromatic heterocycles. The predicted molar refractivity (Wildman–Crippen MR) is 147 cm³/mol. The Kier molecular flexibility index (Phi) is 6.87. The molecule has 0 radical (unpaired) electrons. The fourth-order valence-corrected chi connectivity index (χ4v) is 5.28. The Labute approximate surface area is 226 Å². The smallest absolute Gasteiger partial charge is 0.255 e. The minimum absolute atomic E-state index is 0.0418. The summed E-state index contributed by atoms with van der Waals surface area (Å²) in [5.74, 6) is 5.66. The largest absolute Gasteiger partial charge is 0.492 e. The highest BCUT2D eigenvalue weighted by Crippen LogP contribution is 2.40. The van der Waals surface area contributed by atoms with E-state index in [1.165, 1.54) is 19.3 Å². The van der Waals surface area contributed by atoms with E-state index in [9.17, 15) is 14.0 Å². The maximum absolute atomic E-state index is 14.5. The summed E-state index contributed by atoms with van der Waals surface area (Å²) in [6, 6.07) is 6.12. The second kappa shape index (κ2) is 10.3. The number of para-hydroxylation sites is 1. The van der Waals surface area contributed by atoms with E-state index in [-0.39, 0.29) is 29.0 Å². The number of carbonyl (C=O) groups excluding carboxylic acids is 2. The van der Waals surface area contributed by atoms with Crippen molar-refractivity contribution in [2.24, 2.45) is 5.41 Å². The number of ether oxygens (including phenoxy) is 1. The zero-order valence-electron chi connectivity index (χ0n) is 22.2. The molecule has 2 aliphatic rings. The molecule has 4 heterocycles. The molecule has 3 N–H and O–H groups in total. The van der Waals surface area contributed by atoms with Crippen LogP contribution >= 0.6 is 0 Å². The van der Waals surface area contributed by atoms with Gasteiger partial charge >= 0.3 is 0 Å². The van der Waals surface area contributed by atoms with Crippen LogP contribution in [-0.2, 0) is 11.2 Å². The first-order valence-electron chi connectivity index (χ1n) is 12.7. The maximum atomic E-state index is 14.5. The number of methoxy groups -OCH3 is 1. The number of nitrogens with zero attached hydrogens (tertiary/aromatic N) is 2. The van der Waals surface area contributed by atoms with Crippen molar-refractivity contribution in [3.63, 3.8) is 0 Å². The van der Waals surface area contributed by atoms with Crippen LogP contribution in [0.5, 0.6) is 5.75 Å². The van der Waals surface area contributed by atoms with Crippen molar-refractivity contribution in [3.05, 3.63) is 72.0 Å². The van der Waals surface area contributed by atoms with Crippen molar-refractivity contribution in [3.8, 4) is 28.8 Å². The van der Waals surface area contributed by atoms with Gasteiger partial charge in [-0.1, -0.05) is 38.3 Å². The van der Waals surface area contributed by atoms with E-state index in [0.717, 1.165) is 17.7 Å². The molecule has 1 fully saturated rings. The fraction of sp³-hybridized carbons (Fsp3) is 0.300. The van der Waals surface area contributed by atoms with Gasteiger partial charge in [-0.05, 0) is 36.1 Å². The molecule has 1 aromatic carbocycles.